The van der Waals surface area contributed by atoms with E-state index in [1.807, 2.05) is 30.3 Å². The predicted molar refractivity (Wildman–Crippen MR) is 108 cm³/mol. The summed E-state index contributed by atoms with van der Waals surface area (Å²) in [7, 11) is 0. The summed E-state index contributed by atoms with van der Waals surface area (Å²) in [4.78, 5) is 11.1. The van der Waals surface area contributed by atoms with E-state index in [0.717, 1.165) is 21.8 Å². The Balaban J connectivity index is 1.77. The summed E-state index contributed by atoms with van der Waals surface area (Å²) in [6.07, 6.45) is 0. The summed E-state index contributed by atoms with van der Waals surface area (Å²) in [5.74, 6) is -1.26. The van der Waals surface area contributed by atoms with Gasteiger partial charge < -0.3 is 19.2 Å². The molecule has 0 fully saturated rings. The highest BCUT2D eigenvalue weighted by molar-refractivity contribution is 7.81. The van der Waals surface area contributed by atoms with E-state index >= 15 is 0 Å². The van der Waals surface area contributed by atoms with Crippen LogP contribution in [0.2, 0.25) is 0 Å². The van der Waals surface area contributed by atoms with Crippen LogP contribution in [0.5, 0.6) is 5.75 Å². The molecule has 0 aliphatic rings. The summed E-state index contributed by atoms with van der Waals surface area (Å²) >= 11 is -2.72. The van der Waals surface area contributed by atoms with Gasteiger partial charge in [-0.25, -0.2) is 4.79 Å². The number of anilines is 2. The number of carbonyl (C=O) groups is 1. The zero-order valence-electron chi connectivity index (χ0n) is 14.8. The van der Waals surface area contributed by atoms with Gasteiger partial charge in [0.1, 0.15) is 22.7 Å². The van der Waals surface area contributed by atoms with Crippen molar-refractivity contribution in [2.75, 3.05) is 4.31 Å². The van der Waals surface area contributed by atoms with Crippen LogP contribution >= 0.6 is 0 Å². The van der Waals surface area contributed by atoms with E-state index in [1.165, 1.54) is 6.07 Å². The average Bonchev–Trinajstić information content (AvgIpc) is 3.12. The number of carboxylic acid groups (broad SMARTS) is 1. The van der Waals surface area contributed by atoms with E-state index in [0.29, 0.717) is 22.6 Å². The summed E-state index contributed by atoms with van der Waals surface area (Å²) in [6, 6.07) is 19.6. The van der Waals surface area contributed by atoms with Gasteiger partial charge in [0.25, 0.3) is 0 Å². The summed E-state index contributed by atoms with van der Waals surface area (Å²) in [6.45, 7) is 0. The molecule has 0 amide bonds. The first-order chi connectivity index (χ1) is 13.9. The van der Waals surface area contributed by atoms with Gasteiger partial charge >= 0.3 is 5.97 Å². The molecule has 0 aliphatic carbocycles. The van der Waals surface area contributed by atoms with Crippen molar-refractivity contribution >= 4 is 39.6 Å². The zero-order chi connectivity index (χ0) is 20.5. The second-order valence-electron chi connectivity index (χ2n) is 6.22. The summed E-state index contributed by atoms with van der Waals surface area (Å²) in [5.41, 5.74) is 1.47. The Morgan fingerprint density at radius 1 is 0.966 bits per heavy atom. The van der Waals surface area contributed by atoms with Crippen molar-refractivity contribution in [1.29, 1.82) is 0 Å². The first-order valence-electron chi connectivity index (χ1n) is 8.49. The fourth-order valence-electron chi connectivity index (χ4n) is 3.06. The number of benzene rings is 3. The van der Waals surface area contributed by atoms with E-state index in [4.69, 9.17) is 9.52 Å². The number of aromatic carboxylic acids is 1. The molecule has 2 N–H and O–H groups in total. The van der Waals surface area contributed by atoms with Gasteiger partial charge in [-0.3, -0.25) is 8.51 Å². The first kappa shape index (κ1) is 18.7. The van der Waals surface area contributed by atoms with Crippen LogP contribution < -0.4 is 4.31 Å². The second-order valence-corrected chi connectivity index (χ2v) is 7.02. The minimum atomic E-state index is -2.72. The Labute approximate surface area is 167 Å². The molecule has 0 spiro atoms. The lowest BCUT2D eigenvalue weighted by atomic mass is 10.1. The SMILES string of the molecule is O=C(O)c1ccc(N(c2cccc(-c3cc4ccccc4o3)c2)S(=O)[O-])cc1O. The number of carboxylic acids is 1. The molecule has 29 heavy (non-hydrogen) atoms. The lowest BCUT2D eigenvalue weighted by Gasteiger charge is -2.27. The van der Waals surface area contributed by atoms with Crippen LogP contribution in [0.3, 0.4) is 0 Å². The molecule has 4 aromatic rings. The van der Waals surface area contributed by atoms with Crippen molar-refractivity contribution < 1.29 is 28.2 Å². The minimum absolute atomic E-state index is 0.0996. The molecule has 3 aromatic carbocycles. The summed E-state index contributed by atoms with van der Waals surface area (Å²) in [5, 5.41) is 19.9. The third-order valence-electron chi connectivity index (χ3n) is 4.39. The van der Waals surface area contributed by atoms with E-state index in [-0.39, 0.29) is 11.3 Å². The highest BCUT2D eigenvalue weighted by atomic mass is 32.2. The van der Waals surface area contributed by atoms with Crippen LogP contribution in [0.4, 0.5) is 11.4 Å². The molecular weight excluding hydrogens is 394 g/mol. The Hall–Kier alpha value is -3.62. The molecule has 0 saturated heterocycles. The number of hydrogen-bond acceptors (Lipinski definition) is 5. The number of para-hydroxylation sites is 1. The minimum Gasteiger partial charge on any atom is -0.755 e. The summed E-state index contributed by atoms with van der Waals surface area (Å²) < 4.78 is 30.6. The molecule has 0 radical (unpaired) electrons. The van der Waals surface area contributed by atoms with Crippen LogP contribution in [0.1, 0.15) is 10.4 Å². The van der Waals surface area contributed by atoms with Crippen molar-refractivity contribution in [2.24, 2.45) is 0 Å². The average molecular weight is 408 g/mol. The Bertz CT molecular complexity index is 1220. The molecule has 0 saturated carbocycles. The number of aromatic hydroxyl groups is 1. The quantitative estimate of drug-likeness (QED) is 0.472. The van der Waals surface area contributed by atoms with Gasteiger partial charge in [0, 0.05) is 17.0 Å². The molecule has 1 aromatic heterocycles. The maximum atomic E-state index is 11.9. The van der Waals surface area contributed by atoms with Gasteiger partial charge in [0.15, 0.2) is 0 Å². The van der Waals surface area contributed by atoms with Crippen molar-refractivity contribution in [3.8, 4) is 17.1 Å². The normalized spacial score (nSPS) is 12.0. The van der Waals surface area contributed by atoms with Crippen LogP contribution in [0.15, 0.2) is 77.2 Å². The fourth-order valence-corrected chi connectivity index (χ4v) is 3.63. The van der Waals surface area contributed by atoms with Crippen molar-refractivity contribution in [1.82, 2.24) is 0 Å². The number of fused-ring (bicyclic) bond motifs is 1. The van der Waals surface area contributed by atoms with Crippen molar-refractivity contribution in [3.05, 3.63) is 78.4 Å². The van der Waals surface area contributed by atoms with E-state index < -0.39 is 23.0 Å². The van der Waals surface area contributed by atoms with Gasteiger partial charge in [-0.15, -0.1) is 0 Å². The molecule has 1 atom stereocenters. The van der Waals surface area contributed by atoms with Gasteiger partial charge in [-0.1, -0.05) is 30.3 Å². The molecule has 0 aliphatic heterocycles. The van der Waals surface area contributed by atoms with Gasteiger partial charge in [0.2, 0.25) is 0 Å². The maximum Gasteiger partial charge on any atom is 0.339 e. The van der Waals surface area contributed by atoms with Gasteiger partial charge in [-0.2, -0.15) is 0 Å². The lowest BCUT2D eigenvalue weighted by molar-refractivity contribution is 0.0693. The Kier molecular flexibility index (Phi) is 4.79. The molecule has 0 bridgehead atoms. The number of hydrogen-bond donors (Lipinski definition) is 2. The smallest absolute Gasteiger partial charge is 0.339 e. The first-order valence-corrected chi connectivity index (χ1v) is 9.52. The van der Waals surface area contributed by atoms with Crippen LogP contribution in [-0.2, 0) is 11.3 Å². The molecule has 4 rings (SSSR count). The number of phenols is 1. The fraction of sp³-hybridized carbons (Fsp3) is 0. The molecule has 1 unspecified atom stereocenters. The van der Waals surface area contributed by atoms with E-state index in [1.54, 1.807) is 24.3 Å². The topological polar surface area (TPSA) is 114 Å². The predicted octanol–water partition coefficient (Wildman–Crippen LogP) is 4.44. The second kappa shape index (κ2) is 7.42. The van der Waals surface area contributed by atoms with E-state index in [2.05, 4.69) is 0 Å². The molecule has 146 valence electrons. The van der Waals surface area contributed by atoms with Crippen molar-refractivity contribution in [2.45, 2.75) is 0 Å². The third kappa shape index (κ3) is 3.58. The lowest BCUT2D eigenvalue weighted by Crippen LogP contribution is -2.19. The highest BCUT2D eigenvalue weighted by Crippen LogP contribution is 2.35. The number of nitrogens with zero attached hydrogens (tertiary/aromatic N) is 1. The Morgan fingerprint density at radius 2 is 1.72 bits per heavy atom. The largest absolute Gasteiger partial charge is 0.755 e. The monoisotopic (exact) mass is 408 g/mol. The van der Waals surface area contributed by atoms with Gasteiger partial charge in [-0.05, 0) is 36.4 Å². The maximum absolute atomic E-state index is 11.9. The van der Waals surface area contributed by atoms with Crippen LogP contribution in [-0.4, -0.2) is 24.9 Å². The standard InChI is InChI=1S/C21H15NO6S/c23-18-12-16(8-9-17(18)21(24)25)22(29(26)27)15-6-3-5-13(10-15)20-11-14-4-1-2-7-19(14)28-20/h1-12,23H,(H,24,25)(H,26,27)/p-1. The van der Waals surface area contributed by atoms with Crippen LogP contribution in [0.25, 0.3) is 22.3 Å². The molecular formula is C21H14NO6S-. The molecule has 1 heterocycles. The van der Waals surface area contributed by atoms with E-state index in [9.17, 15) is 18.7 Å². The third-order valence-corrected chi connectivity index (χ3v) is 5.11. The Morgan fingerprint density at radius 3 is 2.41 bits per heavy atom. The highest BCUT2D eigenvalue weighted by Gasteiger charge is 2.16. The molecule has 8 heteroatoms. The van der Waals surface area contributed by atoms with Gasteiger partial charge in [0.05, 0.1) is 22.6 Å². The van der Waals surface area contributed by atoms with Crippen LogP contribution in [0, 0.1) is 0 Å². The zero-order valence-corrected chi connectivity index (χ0v) is 15.6. The number of rotatable bonds is 5. The molecule has 7 nitrogen and oxygen atoms in total. The van der Waals surface area contributed by atoms with Crippen molar-refractivity contribution in [3.63, 3.8) is 0 Å². The number of furan rings is 1.